The minimum atomic E-state index is -3.72. The van der Waals surface area contributed by atoms with Crippen molar-refractivity contribution in [1.82, 2.24) is 0 Å². The van der Waals surface area contributed by atoms with Crippen molar-refractivity contribution in [3.05, 3.63) is 54.1 Å². The zero-order valence-electron chi connectivity index (χ0n) is 16.0. The summed E-state index contributed by atoms with van der Waals surface area (Å²) in [6.07, 6.45) is 6.23. The first kappa shape index (κ1) is 20.2. The van der Waals surface area contributed by atoms with E-state index in [0.717, 1.165) is 0 Å². The van der Waals surface area contributed by atoms with Crippen LogP contribution in [0.25, 0.3) is 0 Å². The number of rotatable bonds is 7. The number of amides is 1. The molecule has 2 aromatic carbocycles. The first-order valence-corrected chi connectivity index (χ1v) is 10.9. The summed E-state index contributed by atoms with van der Waals surface area (Å²) in [5, 5.41) is 0. The van der Waals surface area contributed by atoms with Crippen LogP contribution < -0.4 is 14.8 Å². The molecule has 6 nitrogen and oxygen atoms in total. The van der Waals surface area contributed by atoms with Crippen molar-refractivity contribution in [1.29, 1.82) is 0 Å². The van der Waals surface area contributed by atoms with Gasteiger partial charge in [-0.25, -0.2) is 8.42 Å². The average molecular weight is 403 g/mol. The third kappa shape index (κ3) is 4.65. The molecule has 0 spiro atoms. The predicted molar refractivity (Wildman–Crippen MR) is 109 cm³/mol. The molecule has 150 valence electrons. The lowest BCUT2D eigenvalue weighted by molar-refractivity contribution is 0.100. The standard InChI is InChI=1S/C21H26N2O4S/c1-23(18-9-7-17(8-10-18)21(22)24)28(25,26)20-13-11-19(12-14-20)27-15-16-5-3-2-4-6-16/h7-14,16H,2-6,15H2,1H3,(H2,22,24). The Hall–Kier alpha value is -2.54. The highest BCUT2D eigenvalue weighted by Crippen LogP contribution is 2.26. The molecule has 0 radical (unpaired) electrons. The van der Waals surface area contributed by atoms with Crippen LogP contribution in [0.1, 0.15) is 42.5 Å². The lowest BCUT2D eigenvalue weighted by Crippen LogP contribution is -2.26. The fraction of sp³-hybridized carbons (Fsp3) is 0.381. The molecule has 7 heteroatoms. The number of nitrogens with two attached hydrogens (primary N) is 1. The number of primary amides is 1. The van der Waals surface area contributed by atoms with Crippen LogP contribution in [0, 0.1) is 5.92 Å². The molecule has 1 aliphatic carbocycles. The number of hydrogen-bond donors (Lipinski definition) is 1. The quantitative estimate of drug-likeness (QED) is 0.767. The minimum absolute atomic E-state index is 0.180. The van der Waals surface area contributed by atoms with Gasteiger partial charge in [-0.05, 0) is 67.3 Å². The van der Waals surface area contributed by atoms with Crippen molar-refractivity contribution >= 4 is 21.6 Å². The molecule has 0 aromatic heterocycles. The summed E-state index contributed by atoms with van der Waals surface area (Å²) in [4.78, 5) is 11.3. The number of carbonyl (C=O) groups excluding carboxylic acids is 1. The van der Waals surface area contributed by atoms with E-state index in [-0.39, 0.29) is 4.90 Å². The highest BCUT2D eigenvalue weighted by Gasteiger charge is 2.21. The molecular weight excluding hydrogens is 376 g/mol. The van der Waals surface area contributed by atoms with Crippen LogP contribution in [0.5, 0.6) is 5.75 Å². The van der Waals surface area contributed by atoms with Gasteiger partial charge >= 0.3 is 0 Å². The molecule has 0 heterocycles. The highest BCUT2D eigenvalue weighted by molar-refractivity contribution is 7.92. The third-order valence-corrected chi connectivity index (χ3v) is 7.01. The molecule has 0 aliphatic heterocycles. The number of benzene rings is 2. The molecule has 3 rings (SSSR count). The summed E-state index contributed by atoms with van der Waals surface area (Å²) >= 11 is 0. The summed E-state index contributed by atoms with van der Waals surface area (Å²) in [6.45, 7) is 0.679. The molecule has 0 bridgehead atoms. The van der Waals surface area contributed by atoms with Gasteiger partial charge in [0.1, 0.15) is 5.75 Å². The van der Waals surface area contributed by atoms with Crippen LogP contribution >= 0.6 is 0 Å². The van der Waals surface area contributed by atoms with Gasteiger partial charge < -0.3 is 10.5 Å². The van der Waals surface area contributed by atoms with Gasteiger partial charge in [-0.2, -0.15) is 0 Å². The number of ether oxygens (including phenoxy) is 1. The van der Waals surface area contributed by atoms with E-state index >= 15 is 0 Å². The van der Waals surface area contributed by atoms with Crippen LogP contribution in [0.15, 0.2) is 53.4 Å². The smallest absolute Gasteiger partial charge is 0.264 e. The Balaban J connectivity index is 1.67. The zero-order chi connectivity index (χ0) is 20.1. The second kappa shape index (κ2) is 8.65. The van der Waals surface area contributed by atoms with Crippen LogP contribution in [0.3, 0.4) is 0 Å². The Morgan fingerprint density at radius 2 is 1.64 bits per heavy atom. The third-order valence-electron chi connectivity index (χ3n) is 5.21. The Labute approximate surface area is 166 Å². The van der Waals surface area contributed by atoms with Gasteiger partial charge in [-0.3, -0.25) is 9.10 Å². The number of nitrogens with zero attached hydrogens (tertiary/aromatic N) is 1. The molecule has 1 fully saturated rings. The lowest BCUT2D eigenvalue weighted by atomic mass is 9.90. The second-order valence-corrected chi connectivity index (χ2v) is 9.14. The molecule has 1 aliphatic rings. The summed E-state index contributed by atoms with van der Waals surface area (Å²) < 4.78 is 32.7. The normalized spacial score (nSPS) is 15.2. The Morgan fingerprint density at radius 1 is 1.04 bits per heavy atom. The molecule has 28 heavy (non-hydrogen) atoms. The molecule has 2 N–H and O–H groups in total. The first-order chi connectivity index (χ1) is 13.4. The Morgan fingerprint density at radius 3 is 2.21 bits per heavy atom. The number of sulfonamides is 1. The van der Waals surface area contributed by atoms with Gasteiger partial charge in [0.25, 0.3) is 10.0 Å². The van der Waals surface area contributed by atoms with E-state index in [1.807, 2.05) is 0 Å². The number of hydrogen-bond acceptors (Lipinski definition) is 4. The average Bonchev–Trinajstić information content (AvgIpc) is 2.73. The minimum Gasteiger partial charge on any atom is -0.493 e. The van der Waals surface area contributed by atoms with Crippen molar-refractivity contribution in [2.75, 3.05) is 18.0 Å². The van der Waals surface area contributed by atoms with E-state index in [1.165, 1.54) is 55.6 Å². The van der Waals surface area contributed by atoms with Crippen molar-refractivity contribution in [3.8, 4) is 5.75 Å². The zero-order valence-corrected chi connectivity index (χ0v) is 16.8. The predicted octanol–water partition coefficient (Wildman–Crippen LogP) is 3.57. The summed E-state index contributed by atoms with van der Waals surface area (Å²) in [7, 11) is -2.24. The lowest BCUT2D eigenvalue weighted by Gasteiger charge is -2.22. The highest BCUT2D eigenvalue weighted by atomic mass is 32.2. The summed E-state index contributed by atoms with van der Waals surface area (Å²) in [5.74, 6) is 0.713. The molecule has 0 saturated heterocycles. The van der Waals surface area contributed by atoms with Crippen LogP contribution in [-0.2, 0) is 10.0 Å². The van der Waals surface area contributed by atoms with E-state index in [0.29, 0.717) is 29.5 Å². The van der Waals surface area contributed by atoms with Crippen LogP contribution in [-0.4, -0.2) is 28.0 Å². The molecule has 2 aromatic rings. The molecular formula is C21H26N2O4S. The van der Waals surface area contributed by atoms with Crippen LogP contribution in [0.4, 0.5) is 5.69 Å². The first-order valence-electron chi connectivity index (χ1n) is 9.49. The molecule has 0 atom stereocenters. The summed E-state index contributed by atoms with van der Waals surface area (Å²) in [5.41, 5.74) is 6.00. The maximum Gasteiger partial charge on any atom is 0.264 e. The van der Waals surface area contributed by atoms with E-state index < -0.39 is 15.9 Å². The summed E-state index contributed by atoms with van der Waals surface area (Å²) in [6, 6.07) is 12.6. The van der Waals surface area contributed by atoms with E-state index in [4.69, 9.17) is 10.5 Å². The topological polar surface area (TPSA) is 89.7 Å². The molecule has 0 unspecified atom stereocenters. The van der Waals surface area contributed by atoms with Gasteiger partial charge in [-0.1, -0.05) is 19.3 Å². The largest absolute Gasteiger partial charge is 0.493 e. The van der Waals surface area contributed by atoms with Crippen molar-refractivity contribution < 1.29 is 17.9 Å². The van der Waals surface area contributed by atoms with Crippen molar-refractivity contribution in [2.45, 2.75) is 37.0 Å². The maximum atomic E-state index is 12.9. The van der Waals surface area contributed by atoms with Crippen LogP contribution in [0.2, 0.25) is 0 Å². The van der Waals surface area contributed by atoms with Crippen molar-refractivity contribution in [2.24, 2.45) is 11.7 Å². The Kier molecular flexibility index (Phi) is 6.24. The SMILES string of the molecule is CN(c1ccc(C(N)=O)cc1)S(=O)(=O)c1ccc(OCC2CCCCC2)cc1. The fourth-order valence-corrected chi connectivity index (χ4v) is 4.60. The van der Waals surface area contributed by atoms with Gasteiger partial charge in [0.15, 0.2) is 0 Å². The van der Waals surface area contributed by atoms with E-state index in [1.54, 1.807) is 36.4 Å². The van der Waals surface area contributed by atoms with Gasteiger partial charge in [0.05, 0.1) is 17.2 Å². The Bertz CT molecular complexity index is 902. The maximum absolute atomic E-state index is 12.9. The number of anilines is 1. The van der Waals surface area contributed by atoms with E-state index in [9.17, 15) is 13.2 Å². The molecule has 1 amide bonds. The second-order valence-electron chi connectivity index (χ2n) is 7.17. The number of carbonyl (C=O) groups is 1. The van der Waals surface area contributed by atoms with Gasteiger partial charge in [0, 0.05) is 12.6 Å². The van der Waals surface area contributed by atoms with Crippen molar-refractivity contribution in [3.63, 3.8) is 0 Å². The van der Waals surface area contributed by atoms with Gasteiger partial charge in [-0.15, -0.1) is 0 Å². The molecule has 1 saturated carbocycles. The fourth-order valence-electron chi connectivity index (χ4n) is 3.41. The van der Waals surface area contributed by atoms with Gasteiger partial charge in [0.2, 0.25) is 5.91 Å². The van der Waals surface area contributed by atoms with E-state index in [2.05, 4.69) is 0 Å². The monoisotopic (exact) mass is 402 g/mol.